The molecule has 2 aromatic heterocycles. The number of H-pyrrole nitrogens is 2. The lowest BCUT2D eigenvalue weighted by Gasteiger charge is -2.42. The molecule has 584 valence electrons. The van der Waals surface area contributed by atoms with Crippen LogP contribution in [0, 0.1) is 41.6 Å². The van der Waals surface area contributed by atoms with E-state index in [4.69, 9.17) is 44.4 Å². The quantitative estimate of drug-likeness (QED) is 0.0178. The first kappa shape index (κ1) is 93.9. The molecule has 0 aliphatic carbocycles. The number of nitrogens with zero attached hydrogens (tertiary/aromatic N) is 6. The van der Waals surface area contributed by atoms with Crippen molar-refractivity contribution in [1.82, 2.24) is 39.1 Å². The molecule has 4 unspecified atom stereocenters. The molecule has 24 nitrogen and oxygen atoms in total. The summed E-state index contributed by atoms with van der Waals surface area (Å²) in [7, 11) is 2.93. The molecule has 0 aromatic carbocycles. The highest BCUT2D eigenvalue weighted by molar-refractivity contribution is 7.47. The lowest BCUT2D eigenvalue weighted by molar-refractivity contribution is -0.121. The van der Waals surface area contributed by atoms with E-state index in [0.29, 0.717) is 56.8 Å². The molecule has 5 N–H and O–H groups in total. The van der Waals surface area contributed by atoms with Crippen LogP contribution in [0.4, 0.5) is 0 Å². The summed E-state index contributed by atoms with van der Waals surface area (Å²) in [4.78, 5) is 82.1. The van der Waals surface area contributed by atoms with Gasteiger partial charge in [-0.1, -0.05) is 205 Å². The lowest BCUT2D eigenvalue weighted by Crippen LogP contribution is -2.40. The van der Waals surface area contributed by atoms with Gasteiger partial charge >= 0.3 is 11.4 Å². The molecule has 0 spiro atoms. The molecular weight excluding hydrogens is 1350 g/mol. The van der Waals surface area contributed by atoms with Crippen molar-refractivity contribution in [3.8, 4) is 29.8 Å². The van der Waals surface area contributed by atoms with E-state index in [-0.39, 0.29) is 55.3 Å². The van der Waals surface area contributed by atoms with E-state index in [1.807, 2.05) is 13.8 Å². The van der Waals surface area contributed by atoms with Crippen LogP contribution in [0.5, 0.6) is 0 Å². The maximum atomic E-state index is 12.8. The highest BCUT2D eigenvalue weighted by Gasteiger charge is 2.48. The number of aromatic amines is 2. The van der Waals surface area contributed by atoms with Crippen LogP contribution in [0.3, 0.4) is 0 Å². The minimum Gasteiger partial charge on any atom is -0.388 e. The van der Waals surface area contributed by atoms with Crippen LogP contribution in [0.15, 0.2) is 31.6 Å². The summed E-state index contributed by atoms with van der Waals surface area (Å²) in [6, 6.07) is 3.43. The first-order chi connectivity index (χ1) is 49.6. The zero-order chi connectivity index (χ0) is 76.3. The Kier molecular flexibility index (Phi) is 52.1. The van der Waals surface area contributed by atoms with Crippen LogP contribution >= 0.6 is 16.8 Å². The number of carbonyl (C=O) groups is 2. The van der Waals surface area contributed by atoms with Gasteiger partial charge in [0.2, 0.25) is 18.4 Å². The summed E-state index contributed by atoms with van der Waals surface area (Å²) in [5, 5.41) is 24.6. The Morgan fingerprint density at radius 2 is 1.01 bits per heavy atom. The Morgan fingerprint density at radius 3 is 1.38 bits per heavy atom. The average Bonchev–Trinajstić information content (AvgIpc) is 1.66. The van der Waals surface area contributed by atoms with E-state index in [1.165, 1.54) is 164 Å². The number of amides is 2. The standard InChI is InChI=1S/C34H55N4O7P.C30H49N3O6.C13H28N3OP/c1-6-8-9-10-11-12-13-14-15-16-17-18-19-22-29(39)36-23-20-21-27-26-38(34(41)37-32(27)40)33-31(42-4)30(28(7-2)44-33)45-46(5)43-25-24-35-3;1-4-6-7-8-9-10-11-12-13-14-15-16-17-20-25(34)31-21-18-19-23-22-33(30(37)32-28(23)36)29-27(38-3)26(35)24(5-2)39-29;1-11(2)15(7)18(17-10-8-9-14)16(12(3)4)13(5)6/h26,28,30-31,33H,6-19,22-25H2,1-2,4-5H3,(H,36,39)(H,37,40,41);22,24,26-27,29,35H,4-17,20-21H2,1-3H3,(H,31,34)(H,32,36,37);11-13H,8,10H2,1-7H3/t28-,30?,31+,33-,46?;24-,26?,27+,29-;/m11./s1. The second-order valence-corrected chi connectivity index (χ2v) is 30.6. The minimum atomic E-state index is -1.31. The predicted octanol–water partition coefficient (Wildman–Crippen LogP) is 13.8. The molecule has 2 amide bonds. The maximum absolute atomic E-state index is 12.8. The van der Waals surface area contributed by atoms with E-state index < -0.39 is 82.3 Å². The number of hydrogen-bond donors (Lipinski definition) is 5. The van der Waals surface area contributed by atoms with Crippen molar-refractivity contribution in [3.05, 3.63) is 76.6 Å². The van der Waals surface area contributed by atoms with Gasteiger partial charge in [0, 0.05) is 64.2 Å². The van der Waals surface area contributed by atoms with E-state index >= 15 is 0 Å². The average molecular weight is 1480 g/mol. The van der Waals surface area contributed by atoms with Gasteiger partial charge in [-0.05, 0) is 74.3 Å². The van der Waals surface area contributed by atoms with E-state index in [0.717, 1.165) is 38.5 Å². The van der Waals surface area contributed by atoms with Crippen LogP contribution < -0.4 is 33.1 Å². The van der Waals surface area contributed by atoms with E-state index in [1.54, 1.807) is 6.66 Å². The molecule has 0 bridgehead atoms. The molecule has 103 heavy (non-hydrogen) atoms. The fraction of sp³-hybridized carbons (Fsp3) is 0.792. The van der Waals surface area contributed by atoms with Gasteiger partial charge in [0.15, 0.2) is 29.3 Å². The summed E-state index contributed by atoms with van der Waals surface area (Å²) < 4.78 is 47.9. The summed E-state index contributed by atoms with van der Waals surface area (Å²) >= 11 is 0. The fourth-order valence-corrected chi connectivity index (χ4v) is 15.2. The van der Waals surface area contributed by atoms with E-state index in [9.17, 15) is 33.9 Å². The van der Waals surface area contributed by atoms with Gasteiger partial charge in [-0.25, -0.2) is 25.5 Å². The molecule has 2 saturated heterocycles. The molecule has 26 heteroatoms. The van der Waals surface area contributed by atoms with Gasteiger partial charge in [-0.15, -0.1) is 0 Å². The van der Waals surface area contributed by atoms with Crippen molar-refractivity contribution >= 4 is 28.6 Å². The zero-order valence-corrected chi connectivity index (χ0v) is 67.1. The van der Waals surface area contributed by atoms with Crippen molar-refractivity contribution in [2.45, 2.75) is 335 Å². The molecular formula is C77H132N10O14P2. The van der Waals surface area contributed by atoms with Crippen molar-refractivity contribution in [2.24, 2.45) is 0 Å². The van der Waals surface area contributed by atoms with Gasteiger partial charge in [0.25, 0.3) is 11.1 Å². The summed E-state index contributed by atoms with van der Waals surface area (Å²) in [5.41, 5.74) is -2.44. The second-order valence-electron chi connectivity index (χ2n) is 27.4. The lowest BCUT2D eigenvalue weighted by atomic mass is 10.0. The third-order valence-corrected chi connectivity index (χ3v) is 21.9. The molecule has 2 aromatic rings. The first-order valence-corrected chi connectivity index (χ1v) is 41.3. The van der Waals surface area contributed by atoms with Gasteiger partial charge < -0.3 is 53.1 Å². The van der Waals surface area contributed by atoms with Gasteiger partial charge in [0.1, 0.15) is 42.1 Å². The van der Waals surface area contributed by atoms with Gasteiger partial charge in [-0.3, -0.25) is 38.3 Å². The minimum absolute atomic E-state index is 0.0619. The third kappa shape index (κ3) is 37.3. The highest BCUT2D eigenvalue weighted by atomic mass is 31.2. The van der Waals surface area contributed by atoms with Crippen molar-refractivity contribution in [2.75, 3.05) is 60.8 Å². The van der Waals surface area contributed by atoms with Crippen LogP contribution in [0.25, 0.3) is 4.85 Å². The topological polar surface area (TPSA) is 287 Å². The molecule has 0 saturated carbocycles. The Bertz CT molecular complexity index is 3100. The molecule has 4 heterocycles. The Morgan fingerprint density at radius 1 is 0.612 bits per heavy atom. The van der Waals surface area contributed by atoms with Crippen molar-refractivity contribution < 1.29 is 47.2 Å². The fourth-order valence-electron chi connectivity index (χ4n) is 12.1. The number of unbranched alkanes of at least 4 members (excludes halogenated alkanes) is 24. The molecule has 10 atom stereocenters. The third-order valence-electron chi connectivity index (χ3n) is 18.1. The molecule has 2 fully saturated rings. The summed E-state index contributed by atoms with van der Waals surface area (Å²) in [5.74, 6) is 11.0. The number of hydrogen-bond acceptors (Lipinski definition) is 17. The first-order valence-electron chi connectivity index (χ1n) is 38.5. The molecule has 2 aliphatic heterocycles. The van der Waals surface area contributed by atoms with Gasteiger partial charge in [-0.2, -0.15) is 5.26 Å². The Labute approximate surface area is 620 Å². The molecule has 2 aliphatic rings. The Hall–Kier alpha value is -5.14. The number of ether oxygens (including phenoxy) is 4. The smallest absolute Gasteiger partial charge is 0.330 e. The number of rotatable bonds is 49. The highest BCUT2D eigenvalue weighted by Crippen LogP contribution is 2.48. The van der Waals surface area contributed by atoms with Gasteiger partial charge in [0.05, 0.1) is 44.4 Å². The maximum Gasteiger partial charge on any atom is 0.330 e. The second kappa shape index (κ2) is 57.1. The van der Waals surface area contributed by atoms with Crippen molar-refractivity contribution in [3.63, 3.8) is 0 Å². The summed E-state index contributed by atoms with van der Waals surface area (Å²) in [6.45, 7) is 31.3. The van der Waals surface area contributed by atoms with Crippen molar-refractivity contribution in [1.29, 1.82) is 5.26 Å². The van der Waals surface area contributed by atoms with Crippen LogP contribution in [-0.2, 0) is 42.1 Å². The number of nitriles is 1. The van der Waals surface area contributed by atoms with Crippen LogP contribution in [-0.4, -0.2) is 161 Å². The normalized spacial score (nSPS) is 19.0. The van der Waals surface area contributed by atoms with Crippen LogP contribution in [0.1, 0.15) is 292 Å². The SMILES string of the molecule is CC(C)N(C)P(OCCC#N)N(C(C)C)C(C)C.CCCCCCCCCCCCCCCC(=O)NCC#Cc1cn([C@@H]2O[C@H](CC)C(O)[C@@H]2OC)c(=O)[nH]c1=O.[C-]#[N+]CCOP(C)OC1[C@@H](CC)O[C@@H](n2cc(C#CCNC(=O)CCCCCCCCCCCCCCC)c(=O)[nH]c2=O)[C@H]1OC. The molecule has 0 radical (unpaired) electrons. The monoisotopic (exact) mass is 1480 g/mol. The zero-order valence-electron chi connectivity index (χ0n) is 65.3. The molecule has 4 rings (SSSR count). The number of nitrogens with one attached hydrogen (secondary N) is 4. The Balaban J connectivity index is 0.000000572. The van der Waals surface area contributed by atoms with Crippen LogP contribution in [0.2, 0.25) is 0 Å². The number of carbonyl (C=O) groups excluding carboxylic acids is 2. The largest absolute Gasteiger partial charge is 0.388 e. The number of methoxy groups -OCH3 is 2. The number of aliphatic hydroxyl groups excluding tert-OH is 1. The van der Waals surface area contributed by atoms with E-state index in [2.05, 4.69) is 127 Å². The number of aliphatic hydroxyl groups is 1. The predicted molar refractivity (Wildman–Crippen MR) is 412 cm³/mol. The number of aromatic nitrogens is 4. The summed E-state index contributed by atoms with van der Waals surface area (Å²) in [6.07, 6.45) is 32.4.